The van der Waals surface area contributed by atoms with E-state index in [4.69, 9.17) is 10.7 Å². The van der Waals surface area contributed by atoms with Gasteiger partial charge in [0.25, 0.3) is 9.05 Å². The van der Waals surface area contributed by atoms with Crippen LogP contribution >= 0.6 is 10.7 Å². The van der Waals surface area contributed by atoms with Crippen LogP contribution in [0.2, 0.25) is 0 Å². The summed E-state index contributed by atoms with van der Waals surface area (Å²) < 4.78 is 99.3. The molecule has 0 aromatic heterocycles. The summed E-state index contributed by atoms with van der Waals surface area (Å²) >= 11 is 0. The first-order chi connectivity index (χ1) is 8.80. The van der Waals surface area contributed by atoms with Gasteiger partial charge in [-0.25, -0.2) is 8.42 Å². The average molecular weight is 341 g/mol. The Morgan fingerprint density at radius 2 is 1.45 bits per heavy atom. The third-order valence-corrected chi connectivity index (χ3v) is 3.83. The van der Waals surface area contributed by atoms with Crippen LogP contribution < -0.4 is 0 Å². The van der Waals surface area contributed by atoms with Crippen molar-refractivity contribution in [1.29, 1.82) is 0 Å². The molecule has 0 aliphatic carbocycles. The van der Waals surface area contributed by atoms with Crippen molar-refractivity contribution in [3.05, 3.63) is 28.8 Å². The zero-order valence-corrected chi connectivity index (χ0v) is 11.3. The number of alkyl halides is 6. The zero-order valence-electron chi connectivity index (χ0n) is 9.73. The van der Waals surface area contributed by atoms with E-state index in [1.807, 2.05) is 0 Å². The summed E-state index contributed by atoms with van der Waals surface area (Å²) in [4.78, 5) is -1.60. The van der Waals surface area contributed by atoms with E-state index in [9.17, 15) is 34.8 Å². The minimum absolute atomic E-state index is 0.347. The van der Waals surface area contributed by atoms with Gasteiger partial charge in [0, 0.05) is 10.7 Å². The molecule has 0 saturated carbocycles. The Bertz CT molecular complexity index is 618. The summed E-state index contributed by atoms with van der Waals surface area (Å²) in [5.41, 5.74) is -4.96. The van der Waals surface area contributed by atoms with Gasteiger partial charge in [-0.3, -0.25) is 0 Å². The molecule has 0 atom stereocenters. The van der Waals surface area contributed by atoms with Crippen LogP contribution in [0.15, 0.2) is 17.0 Å². The lowest BCUT2D eigenvalue weighted by Gasteiger charge is -2.20. The van der Waals surface area contributed by atoms with Gasteiger partial charge >= 0.3 is 12.4 Å². The largest absolute Gasteiger partial charge is 0.418 e. The molecule has 114 valence electrons. The molecule has 0 amide bonds. The fourth-order valence-corrected chi connectivity index (χ4v) is 2.81. The van der Waals surface area contributed by atoms with Crippen LogP contribution in [0.3, 0.4) is 0 Å². The van der Waals surface area contributed by atoms with Gasteiger partial charge in [-0.2, -0.15) is 26.3 Å². The van der Waals surface area contributed by atoms with Crippen molar-refractivity contribution >= 4 is 19.7 Å². The molecule has 0 bridgehead atoms. The molecule has 10 heteroatoms. The van der Waals surface area contributed by atoms with E-state index in [0.717, 1.165) is 0 Å². The monoisotopic (exact) mass is 340 g/mol. The Hall–Kier alpha value is -0.960. The molecule has 2 nitrogen and oxygen atoms in total. The van der Waals surface area contributed by atoms with Crippen molar-refractivity contribution in [3.63, 3.8) is 0 Å². The third kappa shape index (κ3) is 3.38. The maximum atomic E-state index is 12.9. The van der Waals surface area contributed by atoms with Gasteiger partial charge in [-0.15, -0.1) is 0 Å². The summed E-state index contributed by atoms with van der Waals surface area (Å²) in [5, 5.41) is 0. The van der Waals surface area contributed by atoms with E-state index in [-0.39, 0.29) is 6.42 Å². The van der Waals surface area contributed by atoms with Crippen LogP contribution in [-0.2, 0) is 27.8 Å². The number of rotatable bonds is 2. The molecule has 20 heavy (non-hydrogen) atoms. The molecule has 0 fully saturated rings. The molecule has 0 saturated heterocycles. The van der Waals surface area contributed by atoms with Gasteiger partial charge in [0.05, 0.1) is 16.0 Å². The highest BCUT2D eigenvalue weighted by Crippen LogP contribution is 2.45. The minimum atomic E-state index is -5.51. The molecule has 1 aromatic rings. The number of hydrogen-bond acceptors (Lipinski definition) is 2. The predicted octanol–water partition coefficient (Wildman–Crippen LogP) is 4.21. The van der Waals surface area contributed by atoms with Crippen LogP contribution in [0.4, 0.5) is 26.3 Å². The average Bonchev–Trinajstić information content (AvgIpc) is 2.23. The maximum absolute atomic E-state index is 12.9. The lowest BCUT2D eigenvalue weighted by Crippen LogP contribution is -2.22. The second-order valence-electron chi connectivity index (χ2n) is 3.76. The van der Waals surface area contributed by atoms with Gasteiger partial charge in [0.1, 0.15) is 0 Å². The van der Waals surface area contributed by atoms with Crippen LogP contribution in [0.5, 0.6) is 0 Å². The van der Waals surface area contributed by atoms with E-state index in [1.165, 1.54) is 6.92 Å². The fourth-order valence-electron chi connectivity index (χ4n) is 1.73. The van der Waals surface area contributed by atoms with Crippen molar-refractivity contribution in [2.24, 2.45) is 0 Å². The molecule has 0 heterocycles. The van der Waals surface area contributed by atoms with E-state index in [0.29, 0.717) is 12.1 Å². The predicted molar refractivity (Wildman–Crippen MR) is 58.9 cm³/mol. The summed E-state index contributed by atoms with van der Waals surface area (Å²) in [6.07, 6.45) is -11.2. The summed E-state index contributed by atoms with van der Waals surface area (Å²) in [7, 11) is -0.180. The van der Waals surface area contributed by atoms with Gasteiger partial charge in [0.2, 0.25) is 0 Å². The number of hydrogen-bond donors (Lipinski definition) is 0. The molecule has 0 unspecified atom stereocenters. The van der Waals surface area contributed by atoms with Crippen LogP contribution in [0.25, 0.3) is 0 Å². The van der Waals surface area contributed by atoms with Crippen LogP contribution in [-0.4, -0.2) is 8.42 Å². The van der Waals surface area contributed by atoms with Gasteiger partial charge in [0.15, 0.2) is 0 Å². The van der Waals surface area contributed by atoms with E-state index in [1.54, 1.807) is 0 Å². The van der Waals surface area contributed by atoms with Crippen molar-refractivity contribution < 1.29 is 34.8 Å². The van der Waals surface area contributed by atoms with Crippen molar-refractivity contribution in [2.45, 2.75) is 30.6 Å². The standard InChI is InChI=1S/C10H7ClF6O2S/c1-2-5-3-4-6(20(11,18)19)8(10(15,16)17)7(5)9(12,13)14/h3-4H,2H2,1H3. The molecule has 0 N–H and O–H groups in total. The second-order valence-corrected chi connectivity index (χ2v) is 6.29. The summed E-state index contributed by atoms with van der Waals surface area (Å²) in [6.45, 7) is 1.22. The third-order valence-electron chi connectivity index (χ3n) is 2.46. The van der Waals surface area contributed by atoms with Crippen molar-refractivity contribution in [1.82, 2.24) is 0 Å². The van der Waals surface area contributed by atoms with E-state index < -0.39 is 43.0 Å². The zero-order chi connectivity index (χ0) is 15.9. The maximum Gasteiger partial charge on any atom is 0.418 e. The second kappa shape index (κ2) is 5.10. The first-order valence-electron chi connectivity index (χ1n) is 5.05. The summed E-state index contributed by atoms with van der Waals surface area (Å²) in [6, 6.07) is 1.10. The van der Waals surface area contributed by atoms with Gasteiger partial charge in [-0.05, 0) is 18.1 Å². The molecular formula is C10H7ClF6O2S. The minimum Gasteiger partial charge on any atom is -0.207 e. The molecule has 0 spiro atoms. The van der Waals surface area contributed by atoms with Crippen LogP contribution in [0.1, 0.15) is 23.6 Å². The number of aryl methyl sites for hydroxylation is 1. The molecular weight excluding hydrogens is 334 g/mol. The highest BCUT2D eigenvalue weighted by Gasteiger charge is 2.48. The lowest BCUT2D eigenvalue weighted by atomic mass is 9.98. The Labute approximate surface area is 114 Å². The SMILES string of the molecule is CCc1ccc(S(=O)(=O)Cl)c(C(F)(F)F)c1C(F)(F)F. The molecule has 0 aliphatic heterocycles. The smallest absolute Gasteiger partial charge is 0.207 e. The van der Waals surface area contributed by atoms with Gasteiger partial charge in [-0.1, -0.05) is 13.0 Å². The number of benzene rings is 1. The number of halogens is 7. The first-order valence-corrected chi connectivity index (χ1v) is 7.36. The van der Waals surface area contributed by atoms with Crippen LogP contribution in [0, 0.1) is 0 Å². The van der Waals surface area contributed by atoms with Crippen molar-refractivity contribution in [2.75, 3.05) is 0 Å². The van der Waals surface area contributed by atoms with Crippen molar-refractivity contribution in [3.8, 4) is 0 Å². The molecule has 1 aromatic carbocycles. The quantitative estimate of drug-likeness (QED) is 0.597. The van der Waals surface area contributed by atoms with E-state index in [2.05, 4.69) is 0 Å². The highest BCUT2D eigenvalue weighted by atomic mass is 35.7. The highest BCUT2D eigenvalue weighted by molar-refractivity contribution is 8.13. The Morgan fingerprint density at radius 3 is 1.75 bits per heavy atom. The van der Waals surface area contributed by atoms with E-state index >= 15 is 0 Å². The Balaban J connectivity index is 3.97. The normalized spacial score (nSPS) is 13.6. The lowest BCUT2D eigenvalue weighted by molar-refractivity contribution is -0.164. The molecule has 1 rings (SSSR count). The van der Waals surface area contributed by atoms with Gasteiger partial charge < -0.3 is 0 Å². The Kier molecular flexibility index (Phi) is 4.36. The first kappa shape index (κ1) is 17.1. The molecule has 0 aliphatic rings. The molecule has 0 radical (unpaired) electrons. The summed E-state index contributed by atoms with van der Waals surface area (Å²) in [5.74, 6) is 0. The Morgan fingerprint density at radius 1 is 1.00 bits per heavy atom. The fraction of sp³-hybridized carbons (Fsp3) is 0.400. The topological polar surface area (TPSA) is 34.1 Å².